The highest BCUT2D eigenvalue weighted by molar-refractivity contribution is 9.10. The summed E-state index contributed by atoms with van der Waals surface area (Å²) in [5.74, 6) is -0.302. The Labute approximate surface area is 140 Å². The monoisotopic (exact) mass is 392 g/mol. The first-order valence-electron chi connectivity index (χ1n) is 6.75. The molecule has 1 N–H and O–H groups in total. The summed E-state index contributed by atoms with van der Waals surface area (Å²) < 4.78 is 43.6. The highest BCUT2D eigenvalue weighted by Gasteiger charge is 2.32. The van der Waals surface area contributed by atoms with Gasteiger partial charge in [-0.2, -0.15) is 0 Å². The Bertz CT molecular complexity index is 679. The molecule has 0 saturated carbocycles. The van der Waals surface area contributed by atoms with Crippen molar-refractivity contribution < 1.29 is 17.9 Å². The van der Waals surface area contributed by atoms with Gasteiger partial charge < -0.3 is 10.1 Å². The van der Waals surface area contributed by atoms with Crippen LogP contribution in [0.15, 0.2) is 28.9 Å². The Morgan fingerprint density at radius 3 is 2.52 bits per heavy atom. The van der Waals surface area contributed by atoms with Crippen LogP contribution in [-0.2, 0) is 12.1 Å². The molecule has 0 atom stereocenters. The van der Waals surface area contributed by atoms with E-state index in [9.17, 15) is 13.2 Å². The van der Waals surface area contributed by atoms with Gasteiger partial charge >= 0.3 is 6.36 Å². The number of anilines is 1. The molecule has 9 heteroatoms. The summed E-state index contributed by atoms with van der Waals surface area (Å²) >= 11 is 3.22. The number of alkyl halides is 3. The molecular weight excluding hydrogens is 377 g/mol. The van der Waals surface area contributed by atoms with Crippen LogP contribution in [0.2, 0.25) is 0 Å². The van der Waals surface area contributed by atoms with Crippen molar-refractivity contribution in [2.24, 2.45) is 0 Å². The van der Waals surface area contributed by atoms with Crippen molar-refractivity contribution in [3.63, 3.8) is 0 Å². The van der Waals surface area contributed by atoms with Gasteiger partial charge in [-0.1, -0.05) is 21.1 Å². The van der Waals surface area contributed by atoms with Crippen LogP contribution in [0.5, 0.6) is 5.75 Å². The molecule has 23 heavy (non-hydrogen) atoms. The van der Waals surface area contributed by atoms with Crippen molar-refractivity contribution in [2.45, 2.75) is 39.2 Å². The fourth-order valence-corrected chi connectivity index (χ4v) is 2.11. The third-order valence-corrected chi connectivity index (χ3v) is 3.35. The number of ether oxygens (including phenoxy) is 1. The van der Waals surface area contributed by atoms with Crippen molar-refractivity contribution in [1.29, 1.82) is 0 Å². The van der Waals surface area contributed by atoms with Crippen molar-refractivity contribution in [3.05, 3.63) is 34.6 Å². The van der Waals surface area contributed by atoms with E-state index >= 15 is 0 Å². The van der Waals surface area contributed by atoms with E-state index in [1.54, 1.807) is 10.9 Å². The summed E-state index contributed by atoms with van der Waals surface area (Å²) in [6.07, 6.45) is -3.01. The predicted molar refractivity (Wildman–Crippen MR) is 83.2 cm³/mol. The van der Waals surface area contributed by atoms with E-state index in [-0.39, 0.29) is 23.5 Å². The minimum atomic E-state index is -4.75. The van der Waals surface area contributed by atoms with Gasteiger partial charge in [0.15, 0.2) is 5.75 Å². The van der Waals surface area contributed by atoms with E-state index in [0.29, 0.717) is 10.2 Å². The van der Waals surface area contributed by atoms with Crippen LogP contribution in [0.3, 0.4) is 0 Å². The van der Waals surface area contributed by atoms with Crippen LogP contribution in [0.25, 0.3) is 0 Å². The van der Waals surface area contributed by atoms with Crippen LogP contribution >= 0.6 is 15.9 Å². The van der Waals surface area contributed by atoms with Gasteiger partial charge in [-0.25, -0.2) is 4.68 Å². The zero-order valence-electron chi connectivity index (χ0n) is 12.8. The summed E-state index contributed by atoms with van der Waals surface area (Å²) in [6, 6.07) is 4.23. The number of hydrogen-bond donors (Lipinski definition) is 1. The van der Waals surface area contributed by atoms with Crippen LogP contribution in [-0.4, -0.2) is 21.4 Å². The lowest BCUT2D eigenvalue weighted by Crippen LogP contribution is -2.22. The second kappa shape index (κ2) is 6.38. The number of rotatable bonds is 4. The Hall–Kier alpha value is -1.77. The largest absolute Gasteiger partial charge is 0.573 e. The maximum absolute atomic E-state index is 12.4. The topological polar surface area (TPSA) is 52.0 Å². The van der Waals surface area contributed by atoms with E-state index in [1.165, 1.54) is 18.2 Å². The SMILES string of the molecule is CC(C)(C)n1cc(CNc2cc(Br)ccc2OC(F)(F)F)nn1. The summed E-state index contributed by atoms with van der Waals surface area (Å²) in [5, 5.41) is 10.9. The molecule has 2 rings (SSSR count). The minimum absolute atomic E-state index is 0.210. The van der Waals surface area contributed by atoms with Crippen molar-refractivity contribution in [3.8, 4) is 5.75 Å². The summed E-state index contributed by atoms with van der Waals surface area (Å²) in [4.78, 5) is 0. The zero-order chi connectivity index (χ0) is 17.3. The second-order valence-corrected chi connectivity index (χ2v) is 6.78. The third-order valence-electron chi connectivity index (χ3n) is 2.86. The van der Waals surface area contributed by atoms with Crippen LogP contribution in [0.1, 0.15) is 26.5 Å². The Kier molecular flexibility index (Phi) is 4.88. The van der Waals surface area contributed by atoms with Gasteiger partial charge in [-0.3, -0.25) is 0 Å². The molecule has 0 aliphatic heterocycles. The van der Waals surface area contributed by atoms with Gasteiger partial charge in [0.2, 0.25) is 0 Å². The molecule has 0 aliphatic rings. The average Bonchev–Trinajstić information content (AvgIpc) is 2.86. The summed E-state index contributed by atoms with van der Waals surface area (Å²) in [7, 11) is 0. The van der Waals surface area contributed by atoms with Crippen LogP contribution < -0.4 is 10.1 Å². The Morgan fingerprint density at radius 2 is 1.96 bits per heavy atom. The van der Waals surface area contributed by atoms with E-state index < -0.39 is 6.36 Å². The first-order chi connectivity index (χ1) is 10.5. The smallest absolute Gasteiger partial charge is 0.404 e. The highest BCUT2D eigenvalue weighted by atomic mass is 79.9. The van der Waals surface area contributed by atoms with Gasteiger partial charge in [0.1, 0.15) is 5.69 Å². The maximum Gasteiger partial charge on any atom is 0.573 e. The average molecular weight is 393 g/mol. The lowest BCUT2D eigenvalue weighted by Gasteiger charge is -2.17. The van der Waals surface area contributed by atoms with E-state index in [1.807, 2.05) is 20.8 Å². The van der Waals surface area contributed by atoms with E-state index in [2.05, 4.69) is 36.3 Å². The third kappa shape index (κ3) is 5.12. The molecule has 126 valence electrons. The number of benzene rings is 1. The zero-order valence-corrected chi connectivity index (χ0v) is 14.4. The lowest BCUT2D eigenvalue weighted by molar-refractivity contribution is -0.274. The lowest BCUT2D eigenvalue weighted by atomic mass is 10.1. The number of nitrogens with zero attached hydrogens (tertiary/aromatic N) is 3. The molecule has 0 fully saturated rings. The van der Waals surface area contributed by atoms with Crippen LogP contribution in [0, 0.1) is 0 Å². The number of aromatic nitrogens is 3. The molecule has 0 saturated heterocycles. The molecule has 5 nitrogen and oxygen atoms in total. The molecule has 1 aromatic heterocycles. The standard InChI is InChI=1S/C14H16BrF3N4O/c1-13(2,3)22-8-10(20-21-22)7-19-11-6-9(15)4-5-12(11)23-14(16,17)18/h4-6,8,19H,7H2,1-3H3. The second-order valence-electron chi connectivity index (χ2n) is 5.87. The van der Waals surface area contributed by atoms with E-state index in [4.69, 9.17) is 0 Å². The summed E-state index contributed by atoms with van der Waals surface area (Å²) in [6.45, 7) is 6.15. The molecule has 0 radical (unpaired) electrons. The van der Waals surface area contributed by atoms with E-state index in [0.717, 1.165) is 0 Å². The minimum Gasteiger partial charge on any atom is -0.404 e. The highest BCUT2D eigenvalue weighted by Crippen LogP contribution is 2.32. The fraction of sp³-hybridized carbons (Fsp3) is 0.429. The molecule has 1 heterocycles. The fourth-order valence-electron chi connectivity index (χ4n) is 1.75. The molecule has 1 aromatic carbocycles. The molecule has 0 spiro atoms. The summed E-state index contributed by atoms with van der Waals surface area (Å²) in [5.41, 5.74) is 0.603. The molecule has 0 bridgehead atoms. The Morgan fingerprint density at radius 1 is 1.26 bits per heavy atom. The predicted octanol–water partition coefficient (Wildman–Crippen LogP) is 4.31. The quantitative estimate of drug-likeness (QED) is 0.842. The number of hydrogen-bond acceptors (Lipinski definition) is 4. The van der Waals surface area contributed by atoms with Crippen molar-refractivity contribution >= 4 is 21.6 Å². The number of nitrogens with one attached hydrogen (secondary N) is 1. The number of halogens is 4. The van der Waals surface area contributed by atoms with Gasteiger partial charge in [0.05, 0.1) is 24.0 Å². The first kappa shape index (κ1) is 17.6. The molecule has 0 unspecified atom stereocenters. The Balaban J connectivity index is 2.13. The van der Waals surface area contributed by atoms with Crippen molar-refractivity contribution in [1.82, 2.24) is 15.0 Å². The molecule has 2 aromatic rings. The van der Waals surface area contributed by atoms with Gasteiger partial charge in [-0.15, -0.1) is 18.3 Å². The van der Waals surface area contributed by atoms with Gasteiger partial charge in [0.25, 0.3) is 0 Å². The van der Waals surface area contributed by atoms with Gasteiger partial charge in [0, 0.05) is 4.47 Å². The normalized spacial score (nSPS) is 12.3. The molecule has 0 amide bonds. The molecular formula is C14H16BrF3N4O. The first-order valence-corrected chi connectivity index (χ1v) is 7.55. The van der Waals surface area contributed by atoms with Crippen molar-refractivity contribution in [2.75, 3.05) is 5.32 Å². The maximum atomic E-state index is 12.4. The van der Waals surface area contributed by atoms with Crippen LogP contribution in [0.4, 0.5) is 18.9 Å². The molecule has 0 aliphatic carbocycles. The van der Waals surface area contributed by atoms with Gasteiger partial charge in [-0.05, 0) is 39.0 Å².